The van der Waals surface area contributed by atoms with Gasteiger partial charge in [0.25, 0.3) is 0 Å². The summed E-state index contributed by atoms with van der Waals surface area (Å²) >= 11 is 3.27. The molecule has 2 nitrogen and oxygen atoms in total. The molecule has 1 N–H and O–H groups in total. The van der Waals surface area contributed by atoms with Crippen LogP contribution < -0.4 is 0 Å². The molecule has 0 fully saturated rings. The first-order valence-corrected chi connectivity index (χ1v) is 6.42. The molecule has 17 heavy (non-hydrogen) atoms. The Hall–Kier alpha value is -0.900. The Kier molecular flexibility index (Phi) is 4.69. The van der Waals surface area contributed by atoms with E-state index in [0.29, 0.717) is 23.7 Å². The predicted octanol–water partition coefficient (Wildman–Crippen LogP) is 4.02. The summed E-state index contributed by atoms with van der Waals surface area (Å²) in [6.07, 6.45) is 1.53. The van der Waals surface area contributed by atoms with Crippen LogP contribution in [0.1, 0.15) is 32.3 Å². The average molecular weight is 303 g/mol. The third kappa shape index (κ3) is 3.06. The first kappa shape index (κ1) is 14.2. The van der Waals surface area contributed by atoms with Gasteiger partial charge in [0, 0.05) is 4.47 Å². The van der Waals surface area contributed by atoms with Crippen LogP contribution in [0.4, 0.5) is 4.39 Å². The maximum Gasteiger partial charge on any atom is 0.309 e. The van der Waals surface area contributed by atoms with E-state index in [1.165, 1.54) is 12.1 Å². The summed E-state index contributed by atoms with van der Waals surface area (Å²) in [5.41, 5.74) is 0.0675. The number of aliphatic carboxylic acids is 1. The van der Waals surface area contributed by atoms with Crippen LogP contribution in [0.5, 0.6) is 0 Å². The van der Waals surface area contributed by atoms with Gasteiger partial charge in [-0.3, -0.25) is 4.79 Å². The molecule has 0 aliphatic carbocycles. The minimum Gasteiger partial charge on any atom is -0.481 e. The lowest BCUT2D eigenvalue weighted by atomic mass is 9.77. The molecular weight excluding hydrogens is 287 g/mol. The van der Waals surface area contributed by atoms with Gasteiger partial charge < -0.3 is 5.11 Å². The molecule has 0 spiro atoms. The Morgan fingerprint density at radius 3 is 2.41 bits per heavy atom. The number of benzene rings is 1. The second-order valence-electron chi connectivity index (χ2n) is 4.21. The van der Waals surface area contributed by atoms with E-state index in [2.05, 4.69) is 15.9 Å². The minimum atomic E-state index is -0.793. The van der Waals surface area contributed by atoms with Crippen molar-refractivity contribution in [2.75, 3.05) is 0 Å². The van der Waals surface area contributed by atoms with Crippen LogP contribution in [0.15, 0.2) is 22.7 Å². The third-order valence-corrected chi connectivity index (χ3v) is 4.09. The Balaban J connectivity index is 3.05. The number of carbonyl (C=O) groups is 1. The van der Waals surface area contributed by atoms with Gasteiger partial charge in [-0.1, -0.05) is 35.8 Å². The van der Waals surface area contributed by atoms with Crippen LogP contribution in [-0.2, 0) is 11.2 Å². The van der Waals surface area contributed by atoms with E-state index in [1.807, 2.05) is 13.8 Å². The number of hydrogen-bond donors (Lipinski definition) is 1. The second kappa shape index (κ2) is 5.63. The molecule has 1 aromatic carbocycles. The van der Waals surface area contributed by atoms with E-state index in [9.17, 15) is 14.3 Å². The van der Waals surface area contributed by atoms with E-state index in [0.717, 1.165) is 5.56 Å². The van der Waals surface area contributed by atoms with Crippen LogP contribution in [0.3, 0.4) is 0 Å². The summed E-state index contributed by atoms with van der Waals surface area (Å²) in [6.45, 7) is 3.74. The SMILES string of the molecule is CCC(CC)(Cc1ccc(F)cc1Br)C(=O)O. The van der Waals surface area contributed by atoms with Gasteiger partial charge in [0.1, 0.15) is 5.82 Å². The molecule has 1 rings (SSSR count). The smallest absolute Gasteiger partial charge is 0.309 e. The number of hydrogen-bond acceptors (Lipinski definition) is 1. The quantitative estimate of drug-likeness (QED) is 0.892. The topological polar surface area (TPSA) is 37.3 Å². The molecule has 0 aliphatic rings. The summed E-state index contributed by atoms with van der Waals surface area (Å²) in [5.74, 6) is -1.12. The lowest BCUT2D eigenvalue weighted by Crippen LogP contribution is -2.32. The van der Waals surface area contributed by atoms with Crippen LogP contribution in [-0.4, -0.2) is 11.1 Å². The summed E-state index contributed by atoms with van der Waals surface area (Å²) < 4.78 is 13.6. The number of carboxylic acid groups (broad SMARTS) is 1. The van der Waals surface area contributed by atoms with Crippen molar-refractivity contribution < 1.29 is 14.3 Å². The van der Waals surface area contributed by atoms with Crippen molar-refractivity contribution in [1.82, 2.24) is 0 Å². The van der Waals surface area contributed by atoms with Crippen molar-refractivity contribution in [3.63, 3.8) is 0 Å². The fourth-order valence-corrected chi connectivity index (χ4v) is 2.40. The van der Waals surface area contributed by atoms with E-state index < -0.39 is 11.4 Å². The highest BCUT2D eigenvalue weighted by molar-refractivity contribution is 9.10. The summed E-state index contributed by atoms with van der Waals surface area (Å²) in [6, 6.07) is 4.37. The van der Waals surface area contributed by atoms with E-state index in [4.69, 9.17) is 0 Å². The van der Waals surface area contributed by atoms with Crippen LogP contribution in [0, 0.1) is 11.2 Å². The lowest BCUT2D eigenvalue weighted by Gasteiger charge is -2.27. The van der Waals surface area contributed by atoms with Crippen LogP contribution in [0.25, 0.3) is 0 Å². The Morgan fingerprint density at radius 2 is 2.00 bits per heavy atom. The van der Waals surface area contributed by atoms with E-state index in [-0.39, 0.29) is 5.82 Å². The molecule has 0 bridgehead atoms. The predicted molar refractivity (Wildman–Crippen MR) is 68.5 cm³/mol. The van der Waals surface area contributed by atoms with Gasteiger partial charge in [-0.2, -0.15) is 0 Å². The molecule has 0 heterocycles. The van der Waals surface area contributed by atoms with Crippen LogP contribution >= 0.6 is 15.9 Å². The summed E-state index contributed by atoms with van der Waals surface area (Å²) in [4.78, 5) is 11.4. The molecule has 0 unspecified atom stereocenters. The molecule has 4 heteroatoms. The number of carboxylic acids is 1. The standard InChI is InChI=1S/C13H16BrFO2/c1-3-13(4-2,12(16)17)8-9-5-6-10(15)7-11(9)14/h5-7H,3-4,8H2,1-2H3,(H,16,17). The van der Waals surface area contributed by atoms with Gasteiger partial charge in [0.15, 0.2) is 0 Å². The van der Waals surface area contributed by atoms with Crippen molar-refractivity contribution in [1.29, 1.82) is 0 Å². The van der Waals surface area contributed by atoms with Crippen molar-refractivity contribution in [3.05, 3.63) is 34.1 Å². The van der Waals surface area contributed by atoms with E-state index >= 15 is 0 Å². The molecule has 0 saturated carbocycles. The lowest BCUT2D eigenvalue weighted by molar-refractivity contribution is -0.149. The zero-order valence-corrected chi connectivity index (χ0v) is 11.6. The molecule has 1 aromatic rings. The van der Waals surface area contributed by atoms with Crippen molar-refractivity contribution in [2.24, 2.45) is 5.41 Å². The molecule has 0 saturated heterocycles. The zero-order chi connectivity index (χ0) is 13.1. The first-order chi connectivity index (χ1) is 7.95. The summed E-state index contributed by atoms with van der Waals surface area (Å²) in [7, 11) is 0. The molecule has 0 aliphatic heterocycles. The Morgan fingerprint density at radius 1 is 1.41 bits per heavy atom. The molecule has 0 aromatic heterocycles. The molecular formula is C13H16BrFO2. The molecule has 94 valence electrons. The highest BCUT2D eigenvalue weighted by Crippen LogP contribution is 2.34. The number of halogens is 2. The summed E-state index contributed by atoms with van der Waals surface area (Å²) in [5, 5.41) is 9.34. The van der Waals surface area contributed by atoms with Crippen LogP contribution in [0.2, 0.25) is 0 Å². The van der Waals surface area contributed by atoms with Crippen molar-refractivity contribution >= 4 is 21.9 Å². The fraction of sp³-hybridized carbons (Fsp3) is 0.462. The van der Waals surface area contributed by atoms with Gasteiger partial charge in [-0.05, 0) is 37.0 Å². The molecule has 0 amide bonds. The van der Waals surface area contributed by atoms with Gasteiger partial charge in [-0.15, -0.1) is 0 Å². The van der Waals surface area contributed by atoms with Crippen molar-refractivity contribution in [3.8, 4) is 0 Å². The normalized spacial score (nSPS) is 11.5. The molecule has 0 radical (unpaired) electrons. The number of rotatable bonds is 5. The molecule has 0 atom stereocenters. The third-order valence-electron chi connectivity index (χ3n) is 3.35. The van der Waals surface area contributed by atoms with Gasteiger partial charge in [-0.25, -0.2) is 4.39 Å². The largest absolute Gasteiger partial charge is 0.481 e. The zero-order valence-electron chi connectivity index (χ0n) is 9.96. The Labute approximate surface area is 109 Å². The van der Waals surface area contributed by atoms with Gasteiger partial charge in [0.2, 0.25) is 0 Å². The maximum absolute atomic E-state index is 13.0. The monoisotopic (exact) mass is 302 g/mol. The van der Waals surface area contributed by atoms with Crippen molar-refractivity contribution in [2.45, 2.75) is 33.1 Å². The highest BCUT2D eigenvalue weighted by atomic mass is 79.9. The Bertz CT molecular complexity index is 414. The second-order valence-corrected chi connectivity index (χ2v) is 5.06. The first-order valence-electron chi connectivity index (χ1n) is 5.62. The maximum atomic E-state index is 13.0. The fourth-order valence-electron chi connectivity index (χ4n) is 1.91. The van der Waals surface area contributed by atoms with E-state index in [1.54, 1.807) is 6.07 Å². The highest BCUT2D eigenvalue weighted by Gasteiger charge is 2.35. The minimum absolute atomic E-state index is 0.324. The van der Waals surface area contributed by atoms with Gasteiger partial charge >= 0.3 is 5.97 Å². The van der Waals surface area contributed by atoms with Gasteiger partial charge in [0.05, 0.1) is 5.41 Å². The average Bonchev–Trinajstić information content (AvgIpc) is 2.28.